The lowest BCUT2D eigenvalue weighted by Gasteiger charge is -2.26. The Morgan fingerprint density at radius 1 is 1.28 bits per heavy atom. The standard InChI is InChI=1S/C14H17BrINO/c15-9-14(7-1-2-8-14)10-17-13(18)11-3-5-12(16)6-4-11/h3-6H,1-2,7-10H2,(H,17,18). The number of carbonyl (C=O) groups excluding carboxylic acids is 1. The maximum absolute atomic E-state index is 12.0. The number of amides is 1. The van der Waals surface area contributed by atoms with Crippen molar-refractivity contribution in [2.24, 2.45) is 5.41 Å². The van der Waals surface area contributed by atoms with Gasteiger partial charge in [-0.3, -0.25) is 4.79 Å². The van der Waals surface area contributed by atoms with Gasteiger partial charge in [0.25, 0.3) is 5.91 Å². The lowest BCUT2D eigenvalue weighted by molar-refractivity contribution is 0.0935. The lowest BCUT2D eigenvalue weighted by atomic mass is 9.89. The molecule has 1 N–H and O–H groups in total. The van der Waals surface area contributed by atoms with Crippen molar-refractivity contribution in [2.45, 2.75) is 25.7 Å². The molecule has 2 nitrogen and oxygen atoms in total. The molecule has 1 saturated carbocycles. The van der Waals surface area contributed by atoms with Gasteiger partial charge in [-0.15, -0.1) is 0 Å². The number of halogens is 2. The topological polar surface area (TPSA) is 29.1 Å². The third kappa shape index (κ3) is 3.47. The fourth-order valence-electron chi connectivity index (χ4n) is 2.45. The highest BCUT2D eigenvalue weighted by Gasteiger charge is 2.32. The van der Waals surface area contributed by atoms with E-state index >= 15 is 0 Å². The fraction of sp³-hybridized carbons (Fsp3) is 0.500. The molecule has 4 heteroatoms. The first-order valence-corrected chi connectivity index (χ1v) is 8.45. The van der Waals surface area contributed by atoms with Crippen LogP contribution < -0.4 is 5.32 Å². The molecule has 1 aliphatic carbocycles. The van der Waals surface area contributed by atoms with Crippen molar-refractivity contribution in [1.29, 1.82) is 0 Å². The summed E-state index contributed by atoms with van der Waals surface area (Å²) in [5.41, 5.74) is 1.02. The zero-order valence-corrected chi connectivity index (χ0v) is 14.0. The average molecular weight is 422 g/mol. The van der Waals surface area contributed by atoms with Crippen LogP contribution in [-0.4, -0.2) is 17.8 Å². The molecular weight excluding hydrogens is 405 g/mol. The Labute approximate surface area is 130 Å². The van der Waals surface area contributed by atoms with Crippen LogP contribution in [0.4, 0.5) is 0 Å². The average Bonchev–Trinajstić information content (AvgIpc) is 2.86. The van der Waals surface area contributed by atoms with Crippen LogP contribution in [0.15, 0.2) is 24.3 Å². The van der Waals surface area contributed by atoms with Gasteiger partial charge in [0, 0.05) is 21.0 Å². The molecule has 1 aromatic rings. The van der Waals surface area contributed by atoms with Crippen molar-refractivity contribution in [3.05, 3.63) is 33.4 Å². The Kier molecular flexibility index (Phi) is 5.06. The van der Waals surface area contributed by atoms with E-state index in [-0.39, 0.29) is 11.3 Å². The lowest BCUT2D eigenvalue weighted by Crippen LogP contribution is -2.37. The third-order valence-electron chi connectivity index (χ3n) is 3.68. The third-order valence-corrected chi connectivity index (χ3v) is 5.59. The second-order valence-corrected chi connectivity index (χ2v) is 6.84. The SMILES string of the molecule is O=C(NCC1(CBr)CCCC1)c1ccc(I)cc1. The maximum atomic E-state index is 12.0. The fourth-order valence-corrected chi connectivity index (χ4v) is 3.57. The minimum absolute atomic E-state index is 0.0404. The molecule has 98 valence electrons. The largest absolute Gasteiger partial charge is 0.351 e. The van der Waals surface area contributed by atoms with E-state index in [1.165, 1.54) is 25.7 Å². The van der Waals surface area contributed by atoms with Gasteiger partial charge in [-0.2, -0.15) is 0 Å². The summed E-state index contributed by atoms with van der Waals surface area (Å²) in [7, 11) is 0. The number of alkyl halides is 1. The zero-order chi connectivity index (χ0) is 13.0. The molecule has 0 spiro atoms. The van der Waals surface area contributed by atoms with E-state index in [0.29, 0.717) is 0 Å². The second kappa shape index (κ2) is 6.37. The molecule has 0 bridgehead atoms. The van der Waals surface area contributed by atoms with Gasteiger partial charge in [0.2, 0.25) is 0 Å². The second-order valence-electron chi connectivity index (χ2n) is 5.03. The summed E-state index contributed by atoms with van der Waals surface area (Å²) in [5.74, 6) is 0.0404. The highest BCUT2D eigenvalue weighted by molar-refractivity contribution is 14.1. The van der Waals surface area contributed by atoms with E-state index in [1.54, 1.807) is 0 Å². The maximum Gasteiger partial charge on any atom is 0.251 e. The summed E-state index contributed by atoms with van der Waals surface area (Å²) >= 11 is 5.84. The molecule has 0 unspecified atom stereocenters. The van der Waals surface area contributed by atoms with E-state index < -0.39 is 0 Å². The summed E-state index contributed by atoms with van der Waals surface area (Å²) in [6.45, 7) is 0.781. The molecule has 0 radical (unpaired) electrons. The van der Waals surface area contributed by atoms with Crippen molar-refractivity contribution in [3.63, 3.8) is 0 Å². The minimum Gasteiger partial charge on any atom is -0.351 e. The van der Waals surface area contributed by atoms with Crippen LogP contribution in [0.2, 0.25) is 0 Å². The van der Waals surface area contributed by atoms with Crippen molar-refractivity contribution >= 4 is 44.4 Å². The van der Waals surface area contributed by atoms with E-state index in [9.17, 15) is 4.79 Å². The van der Waals surface area contributed by atoms with Crippen molar-refractivity contribution in [2.75, 3.05) is 11.9 Å². The van der Waals surface area contributed by atoms with E-state index in [4.69, 9.17) is 0 Å². The molecule has 0 aromatic heterocycles. The summed E-state index contributed by atoms with van der Waals surface area (Å²) in [6.07, 6.45) is 4.99. The van der Waals surface area contributed by atoms with Crippen molar-refractivity contribution in [1.82, 2.24) is 5.32 Å². The highest BCUT2D eigenvalue weighted by atomic mass is 127. The first-order chi connectivity index (χ1) is 8.65. The monoisotopic (exact) mass is 421 g/mol. The molecule has 2 rings (SSSR count). The first kappa shape index (κ1) is 14.3. The number of hydrogen-bond donors (Lipinski definition) is 1. The van der Waals surface area contributed by atoms with Crippen LogP contribution in [-0.2, 0) is 0 Å². The predicted molar refractivity (Wildman–Crippen MR) is 86.2 cm³/mol. The molecule has 0 saturated heterocycles. The number of hydrogen-bond acceptors (Lipinski definition) is 1. The Morgan fingerprint density at radius 3 is 2.44 bits per heavy atom. The molecule has 0 atom stereocenters. The van der Waals surface area contributed by atoms with Gasteiger partial charge in [0.1, 0.15) is 0 Å². The van der Waals surface area contributed by atoms with Gasteiger partial charge in [0.05, 0.1) is 0 Å². The Hall–Kier alpha value is -0.100. The molecule has 1 aromatic carbocycles. The quantitative estimate of drug-likeness (QED) is 0.578. The highest BCUT2D eigenvalue weighted by Crippen LogP contribution is 2.38. The molecule has 1 aliphatic rings. The van der Waals surface area contributed by atoms with Crippen molar-refractivity contribution in [3.8, 4) is 0 Å². The summed E-state index contributed by atoms with van der Waals surface area (Å²) in [5, 5.41) is 4.06. The van der Waals surface area contributed by atoms with Crippen LogP contribution in [0.5, 0.6) is 0 Å². The predicted octanol–water partition coefficient (Wildman–Crippen LogP) is 3.98. The molecular formula is C14H17BrINO. The van der Waals surface area contributed by atoms with Crippen LogP contribution in [0.1, 0.15) is 36.0 Å². The smallest absolute Gasteiger partial charge is 0.251 e. The molecule has 18 heavy (non-hydrogen) atoms. The van der Waals surface area contributed by atoms with E-state index in [1.807, 2.05) is 24.3 Å². The Balaban J connectivity index is 1.93. The number of carbonyl (C=O) groups is 1. The van der Waals surface area contributed by atoms with Crippen LogP contribution >= 0.6 is 38.5 Å². The van der Waals surface area contributed by atoms with Crippen LogP contribution in [0.25, 0.3) is 0 Å². The first-order valence-electron chi connectivity index (χ1n) is 6.25. The molecule has 0 heterocycles. The molecule has 0 aliphatic heterocycles. The normalized spacial score (nSPS) is 17.7. The minimum atomic E-state index is 0.0404. The van der Waals surface area contributed by atoms with Crippen LogP contribution in [0.3, 0.4) is 0 Å². The van der Waals surface area contributed by atoms with E-state index in [0.717, 1.165) is 21.0 Å². The van der Waals surface area contributed by atoms with Gasteiger partial charge >= 0.3 is 0 Å². The summed E-state index contributed by atoms with van der Waals surface area (Å²) in [4.78, 5) is 12.0. The van der Waals surface area contributed by atoms with Gasteiger partial charge in [0.15, 0.2) is 0 Å². The number of rotatable bonds is 4. The van der Waals surface area contributed by atoms with Gasteiger partial charge in [-0.1, -0.05) is 28.8 Å². The Morgan fingerprint density at radius 2 is 1.89 bits per heavy atom. The Bertz CT molecular complexity index is 412. The van der Waals surface area contributed by atoms with Gasteiger partial charge in [-0.05, 0) is 65.1 Å². The van der Waals surface area contributed by atoms with E-state index in [2.05, 4.69) is 43.8 Å². The van der Waals surface area contributed by atoms with Gasteiger partial charge < -0.3 is 5.32 Å². The summed E-state index contributed by atoms with van der Waals surface area (Å²) in [6, 6.07) is 7.69. The number of nitrogens with one attached hydrogen (secondary N) is 1. The van der Waals surface area contributed by atoms with Gasteiger partial charge in [-0.25, -0.2) is 0 Å². The summed E-state index contributed by atoms with van der Waals surface area (Å²) < 4.78 is 1.15. The molecule has 1 amide bonds. The number of benzene rings is 1. The molecule has 1 fully saturated rings. The van der Waals surface area contributed by atoms with Crippen molar-refractivity contribution < 1.29 is 4.79 Å². The zero-order valence-electron chi connectivity index (χ0n) is 10.2. The van der Waals surface area contributed by atoms with Crippen LogP contribution in [0, 0.1) is 8.99 Å².